The summed E-state index contributed by atoms with van der Waals surface area (Å²) < 4.78 is 11.5. The van der Waals surface area contributed by atoms with E-state index in [0.29, 0.717) is 13.2 Å². The third kappa shape index (κ3) is 3.39. The molecule has 0 aromatic heterocycles. The van der Waals surface area contributed by atoms with Crippen molar-refractivity contribution in [1.29, 1.82) is 0 Å². The van der Waals surface area contributed by atoms with Crippen LogP contribution in [0.2, 0.25) is 0 Å². The largest absolute Gasteiger partial charge is 0.490 e. The van der Waals surface area contributed by atoms with E-state index in [9.17, 15) is 0 Å². The van der Waals surface area contributed by atoms with Crippen LogP contribution in [0.4, 0.5) is 0 Å². The molecular formula is C15H23NO2. The van der Waals surface area contributed by atoms with Crippen molar-refractivity contribution in [3.63, 3.8) is 0 Å². The Bertz CT molecular complexity index is 375. The van der Waals surface area contributed by atoms with E-state index < -0.39 is 0 Å². The van der Waals surface area contributed by atoms with E-state index in [1.807, 2.05) is 19.1 Å². The maximum Gasteiger partial charge on any atom is 0.161 e. The lowest BCUT2D eigenvalue weighted by Gasteiger charge is -2.25. The first kappa shape index (κ1) is 13.2. The van der Waals surface area contributed by atoms with Gasteiger partial charge >= 0.3 is 0 Å². The van der Waals surface area contributed by atoms with Gasteiger partial charge in [0.25, 0.3) is 0 Å². The Morgan fingerprint density at radius 3 is 2.67 bits per heavy atom. The zero-order valence-corrected chi connectivity index (χ0v) is 11.2. The predicted octanol–water partition coefficient (Wildman–Crippen LogP) is 2.77. The van der Waals surface area contributed by atoms with Gasteiger partial charge in [-0.1, -0.05) is 12.5 Å². The van der Waals surface area contributed by atoms with Gasteiger partial charge in [0.05, 0.1) is 13.2 Å². The number of rotatable bonds is 7. The fourth-order valence-electron chi connectivity index (χ4n) is 2.13. The minimum atomic E-state index is 0.659. The summed E-state index contributed by atoms with van der Waals surface area (Å²) in [6.07, 6.45) is 4.83. The van der Waals surface area contributed by atoms with Crippen LogP contribution in [-0.2, 0) is 6.42 Å². The second kappa shape index (κ2) is 6.64. The first-order valence-electron chi connectivity index (χ1n) is 6.92. The summed E-state index contributed by atoms with van der Waals surface area (Å²) in [6, 6.07) is 6.13. The third-order valence-corrected chi connectivity index (χ3v) is 3.44. The quantitative estimate of drug-likeness (QED) is 0.808. The smallest absolute Gasteiger partial charge is 0.161 e. The minimum Gasteiger partial charge on any atom is -0.490 e. The Kier molecular flexibility index (Phi) is 4.88. The van der Waals surface area contributed by atoms with Crippen LogP contribution in [0.1, 0.15) is 31.7 Å². The molecule has 0 unspecified atom stereocenters. The summed E-state index contributed by atoms with van der Waals surface area (Å²) in [5.41, 5.74) is 6.78. The van der Waals surface area contributed by atoms with Crippen LogP contribution >= 0.6 is 0 Å². The number of ether oxygens (including phenoxy) is 2. The second-order valence-corrected chi connectivity index (χ2v) is 4.86. The van der Waals surface area contributed by atoms with Crippen molar-refractivity contribution in [3.05, 3.63) is 23.8 Å². The van der Waals surface area contributed by atoms with Gasteiger partial charge in [-0.3, -0.25) is 0 Å². The molecule has 2 N–H and O–H groups in total. The Hall–Kier alpha value is -1.22. The van der Waals surface area contributed by atoms with Gasteiger partial charge in [0, 0.05) is 0 Å². The van der Waals surface area contributed by atoms with E-state index in [1.165, 1.54) is 24.8 Å². The van der Waals surface area contributed by atoms with Gasteiger partial charge in [-0.15, -0.1) is 0 Å². The number of nitrogens with two attached hydrogens (primary N) is 1. The van der Waals surface area contributed by atoms with Gasteiger partial charge in [0.1, 0.15) is 0 Å². The summed E-state index contributed by atoms with van der Waals surface area (Å²) in [5, 5.41) is 0. The van der Waals surface area contributed by atoms with Crippen molar-refractivity contribution >= 4 is 0 Å². The molecule has 3 nitrogen and oxygen atoms in total. The van der Waals surface area contributed by atoms with E-state index in [1.54, 1.807) is 0 Å². The molecule has 1 fully saturated rings. The molecule has 1 aliphatic carbocycles. The lowest BCUT2D eigenvalue weighted by molar-refractivity contribution is 0.174. The summed E-state index contributed by atoms with van der Waals surface area (Å²) in [6.45, 7) is 4.13. The lowest BCUT2D eigenvalue weighted by atomic mass is 9.86. The molecule has 2 rings (SSSR count). The van der Waals surface area contributed by atoms with Crippen LogP contribution < -0.4 is 15.2 Å². The molecule has 0 saturated heterocycles. The Morgan fingerprint density at radius 1 is 1.22 bits per heavy atom. The van der Waals surface area contributed by atoms with Crippen molar-refractivity contribution in [3.8, 4) is 11.5 Å². The second-order valence-electron chi connectivity index (χ2n) is 4.86. The summed E-state index contributed by atoms with van der Waals surface area (Å²) in [4.78, 5) is 0. The lowest BCUT2D eigenvalue weighted by Crippen LogP contribution is -2.19. The maximum absolute atomic E-state index is 5.87. The zero-order chi connectivity index (χ0) is 12.8. The highest BCUT2D eigenvalue weighted by Crippen LogP contribution is 2.32. The first-order valence-corrected chi connectivity index (χ1v) is 6.92. The fourth-order valence-corrected chi connectivity index (χ4v) is 2.13. The molecule has 0 heterocycles. The number of hydrogen-bond acceptors (Lipinski definition) is 3. The Labute approximate surface area is 109 Å². The van der Waals surface area contributed by atoms with Crippen LogP contribution in [0.3, 0.4) is 0 Å². The van der Waals surface area contributed by atoms with Crippen molar-refractivity contribution < 1.29 is 9.47 Å². The van der Waals surface area contributed by atoms with Crippen LogP contribution in [0.25, 0.3) is 0 Å². The van der Waals surface area contributed by atoms with E-state index in [0.717, 1.165) is 30.4 Å². The van der Waals surface area contributed by atoms with Gasteiger partial charge in [-0.2, -0.15) is 0 Å². The standard InChI is InChI=1S/C15H23NO2/c1-2-17-15-10-12(8-9-16)6-7-14(15)18-11-13-4-3-5-13/h6-7,10,13H,2-5,8-9,11,16H2,1H3. The van der Waals surface area contributed by atoms with Crippen LogP contribution in [-0.4, -0.2) is 19.8 Å². The molecule has 3 heteroatoms. The monoisotopic (exact) mass is 249 g/mol. The van der Waals surface area contributed by atoms with Gasteiger partial charge in [0.15, 0.2) is 11.5 Å². The van der Waals surface area contributed by atoms with Gasteiger partial charge in [-0.25, -0.2) is 0 Å². The van der Waals surface area contributed by atoms with Crippen molar-refractivity contribution in [2.24, 2.45) is 11.7 Å². The molecule has 1 aliphatic rings. The normalized spacial score (nSPS) is 15.2. The summed E-state index contributed by atoms with van der Waals surface area (Å²) in [7, 11) is 0. The highest BCUT2D eigenvalue weighted by Gasteiger charge is 2.18. The van der Waals surface area contributed by atoms with Gasteiger partial charge in [-0.05, 0) is 56.3 Å². The summed E-state index contributed by atoms with van der Waals surface area (Å²) in [5.74, 6) is 2.45. The van der Waals surface area contributed by atoms with Crippen molar-refractivity contribution in [1.82, 2.24) is 0 Å². The molecule has 0 atom stereocenters. The predicted molar refractivity (Wildman–Crippen MR) is 73.2 cm³/mol. The van der Waals surface area contributed by atoms with E-state index in [-0.39, 0.29) is 0 Å². The third-order valence-electron chi connectivity index (χ3n) is 3.44. The van der Waals surface area contributed by atoms with Crippen LogP contribution in [0, 0.1) is 5.92 Å². The maximum atomic E-state index is 5.87. The molecule has 1 aromatic rings. The van der Waals surface area contributed by atoms with Gasteiger partial charge < -0.3 is 15.2 Å². The molecule has 0 amide bonds. The van der Waals surface area contributed by atoms with E-state index >= 15 is 0 Å². The topological polar surface area (TPSA) is 44.5 Å². The highest BCUT2D eigenvalue weighted by atomic mass is 16.5. The minimum absolute atomic E-state index is 0.659. The molecule has 0 spiro atoms. The van der Waals surface area contributed by atoms with E-state index in [4.69, 9.17) is 15.2 Å². The summed E-state index contributed by atoms with van der Waals surface area (Å²) >= 11 is 0. The SMILES string of the molecule is CCOc1cc(CCN)ccc1OCC1CCC1. The van der Waals surface area contributed by atoms with E-state index in [2.05, 4.69) is 6.07 Å². The van der Waals surface area contributed by atoms with Crippen LogP contribution in [0.15, 0.2) is 18.2 Å². The number of benzene rings is 1. The molecular weight excluding hydrogens is 226 g/mol. The molecule has 0 aliphatic heterocycles. The van der Waals surface area contributed by atoms with Crippen molar-refractivity contribution in [2.45, 2.75) is 32.6 Å². The molecule has 1 aromatic carbocycles. The molecule has 0 radical (unpaired) electrons. The van der Waals surface area contributed by atoms with Crippen LogP contribution in [0.5, 0.6) is 11.5 Å². The average Bonchev–Trinajstić information content (AvgIpc) is 2.30. The zero-order valence-electron chi connectivity index (χ0n) is 11.2. The fraction of sp³-hybridized carbons (Fsp3) is 0.600. The Balaban J connectivity index is 2.01. The van der Waals surface area contributed by atoms with Gasteiger partial charge in [0.2, 0.25) is 0 Å². The number of hydrogen-bond donors (Lipinski definition) is 1. The Morgan fingerprint density at radius 2 is 2.06 bits per heavy atom. The molecule has 0 bridgehead atoms. The molecule has 18 heavy (non-hydrogen) atoms. The average molecular weight is 249 g/mol. The molecule has 1 saturated carbocycles. The van der Waals surface area contributed by atoms with Crippen molar-refractivity contribution in [2.75, 3.05) is 19.8 Å². The molecule has 100 valence electrons. The first-order chi connectivity index (χ1) is 8.83. The highest BCUT2D eigenvalue weighted by molar-refractivity contribution is 5.43.